The van der Waals surface area contributed by atoms with Crippen molar-refractivity contribution in [2.75, 3.05) is 0 Å². The highest BCUT2D eigenvalue weighted by Gasteiger charge is 2.19. The molecule has 0 saturated heterocycles. The van der Waals surface area contributed by atoms with Crippen LogP contribution in [0.3, 0.4) is 0 Å². The minimum Gasteiger partial charge on any atom is -0.346 e. The molecule has 28 heavy (non-hydrogen) atoms. The number of hydrogen-bond acceptors (Lipinski definition) is 5. The van der Waals surface area contributed by atoms with Crippen LogP contribution in [0, 0.1) is 6.92 Å². The van der Waals surface area contributed by atoms with E-state index in [-0.39, 0.29) is 18.8 Å². The smallest absolute Gasteiger partial charge is 0.346 e. The Kier molecular flexibility index (Phi) is 5.78. The molecule has 8 nitrogen and oxygen atoms in total. The third kappa shape index (κ3) is 4.06. The summed E-state index contributed by atoms with van der Waals surface area (Å²) in [6, 6.07) is 10.7. The molecule has 1 N–H and O–H groups in total. The number of aromatic nitrogens is 4. The Morgan fingerprint density at radius 1 is 1.18 bits per heavy atom. The first-order chi connectivity index (χ1) is 13.5. The molecular formula is C20H21N5O3. The monoisotopic (exact) mass is 379 g/mol. The van der Waals surface area contributed by atoms with Gasteiger partial charge in [-0.05, 0) is 42.7 Å². The second kappa shape index (κ2) is 8.43. The van der Waals surface area contributed by atoms with Crippen LogP contribution in [0.25, 0.3) is 5.69 Å². The number of carbonyl (C=O) groups excluding carboxylic acids is 1. The Balaban J connectivity index is 2.03. The zero-order valence-electron chi connectivity index (χ0n) is 15.8. The SMILES string of the molecule is CCCn1c(=O)c(C(=O)NCc2cccnc2)nn(-c2cccc(C)c2)c1=O. The van der Waals surface area contributed by atoms with Crippen molar-refractivity contribution in [3.05, 3.63) is 86.5 Å². The predicted octanol–water partition coefficient (Wildman–Crippen LogP) is 1.44. The lowest BCUT2D eigenvalue weighted by molar-refractivity contribution is 0.0941. The van der Waals surface area contributed by atoms with E-state index in [1.165, 1.54) is 0 Å². The highest BCUT2D eigenvalue weighted by atomic mass is 16.2. The third-order valence-electron chi connectivity index (χ3n) is 4.14. The first-order valence-corrected chi connectivity index (χ1v) is 8.99. The van der Waals surface area contributed by atoms with Crippen molar-refractivity contribution in [2.45, 2.75) is 33.4 Å². The Bertz CT molecular complexity index is 1100. The van der Waals surface area contributed by atoms with E-state index in [4.69, 9.17) is 0 Å². The van der Waals surface area contributed by atoms with Crippen LogP contribution >= 0.6 is 0 Å². The second-order valence-corrected chi connectivity index (χ2v) is 6.38. The molecule has 1 aromatic carbocycles. The molecule has 144 valence electrons. The molecule has 0 bridgehead atoms. The average molecular weight is 379 g/mol. The summed E-state index contributed by atoms with van der Waals surface area (Å²) in [5.74, 6) is -0.639. The maximum Gasteiger partial charge on any atom is 0.352 e. The van der Waals surface area contributed by atoms with Crippen molar-refractivity contribution in [1.29, 1.82) is 0 Å². The molecule has 3 aromatic rings. The van der Waals surface area contributed by atoms with Crippen LogP contribution in [0.15, 0.2) is 58.4 Å². The highest BCUT2D eigenvalue weighted by Crippen LogP contribution is 2.06. The van der Waals surface area contributed by atoms with Crippen LogP contribution in [-0.2, 0) is 13.1 Å². The number of carbonyl (C=O) groups is 1. The maximum atomic E-state index is 12.8. The van der Waals surface area contributed by atoms with Gasteiger partial charge in [0.05, 0.1) is 5.69 Å². The molecule has 0 fully saturated rings. The van der Waals surface area contributed by atoms with Crippen molar-refractivity contribution in [1.82, 2.24) is 24.6 Å². The van der Waals surface area contributed by atoms with E-state index >= 15 is 0 Å². The number of aryl methyl sites for hydroxylation is 1. The number of amides is 1. The van der Waals surface area contributed by atoms with Gasteiger partial charge in [0.15, 0.2) is 0 Å². The van der Waals surface area contributed by atoms with Gasteiger partial charge in [0.25, 0.3) is 11.5 Å². The zero-order chi connectivity index (χ0) is 20.1. The minimum atomic E-state index is -0.695. The summed E-state index contributed by atoms with van der Waals surface area (Å²) < 4.78 is 2.15. The summed E-state index contributed by atoms with van der Waals surface area (Å²) in [5, 5.41) is 6.75. The fourth-order valence-electron chi connectivity index (χ4n) is 2.77. The van der Waals surface area contributed by atoms with Crippen molar-refractivity contribution in [2.24, 2.45) is 0 Å². The Morgan fingerprint density at radius 2 is 2.00 bits per heavy atom. The van der Waals surface area contributed by atoms with Crippen molar-refractivity contribution in [3.63, 3.8) is 0 Å². The van der Waals surface area contributed by atoms with Crippen LogP contribution in [0.5, 0.6) is 0 Å². The molecule has 0 radical (unpaired) electrons. The summed E-state index contributed by atoms with van der Waals surface area (Å²) >= 11 is 0. The van der Waals surface area contributed by atoms with E-state index in [9.17, 15) is 14.4 Å². The Hall–Kier alpha value is -3.55. The molecule has 0 aliphatic heterocycles. The molecule has 3 rings (SSSR count). The van der Waals surface area contributed by atoms with Crippen LogP contribution in [0.1, 0.15) is 35.0 Å². The molecule has 1 amide bonds. The summed E-state index contributed by atoms with van der Waals surface area (Å²) in [5.41, 5.74) is 0.633. The number of benzene rings is 1. The lowest BCUT2D eigenvalue weighted by Gasteiger charge is -2.12. The topological polar surface area (TPSA) is 98.9 Å². The standard InChI is InChI=1S/C20H21N5O3/c1-3-10-24-19(27)17(18(26)22-13-15-7-5-9-21-12-15)23-25(20(24)28)16-8-4-6-14(2)11-16/h4-9,11-12H,3,10,13H2,1-2H3,(H,22,26). The molecule has 2 aromatic heterocycles. The maximum absolute atomic E-state index is 12.8. The van der Waals surface area contributed by atoms with Gasteiger partial charge in [0.1, 0.15) is 0 Å². The van der Waals surface area contributed by atoms with E-state index in [1.807, 2.05) is 26.0 Å². The molecular weight excluding hydrogens is 358 g/mol. The van der Waals surface area contributed by atoms with Crippen LogP contribution in [-0.4, -0.2) is 25.2 Å². The van der Waals surface area contributed by atoms with Gasteiger partial charge in [-0.15, -0.1) is 0 Å². The van der Waals surface area contributed by atoms with E-state index in [2.05, 4.69) is 15.4 Å². The Morgan fingerprint density at radius 3 is 2.68 bits per heavy atom. The van der Waals surface area contributed by atoms with E-state index in [1.54, 1.807) is 36.7 Å². The van der Waals surface area contributed by atoms with Gasteiger partial charge in [0.2, 0.25) is 5.69 Å². The second-order valence-electron chi connectivity index (χ2n) is 6.38. The first-order valence-electron chi connectivity index (χ1n) is 8.99. The highest BCUT2D eigenvalue weighted by molar-refractivity contribution is 5.91. The van der Waals surface area contributed by atoms with Gasteiger partial charge in [-0.25, -0.2) is 4.79 Å². The summed E-state index contributed by atoms with van der Waals surface area (Å²) in [4.78, 5) is 42.1. The van der Waals surface area contributed by atoms with Crippen molar-refractivity contribution >= 4 is 5.91 Å². The van der Waals surface area contributed by atoms with Gasteiger partial charge in [-0.1, -0.05) is 25.1 Å². The van der Waals surface area contributed by atoms with Gasteiger partial charge >= 0.3 is 5.69 Å². The number of hydrogen-bond donors (Lipinski definition) is 1. The minimum absolute atomic E-state index is 0.200. The zero-order valence-corrected chi connectivity index (χ0v) is 15.8. The third-order valence-corrected chi connectivity index (χ3v) is 4.14. The van der Waals surface area contributed by atoms with Gasteiger partial charge < -0.3 is 5.32 Å². The molecule has 2 heterocycles. The van der Waals surface area contributed by atoms with Crippen molar-refractivity contribution in [3.8, 4) is 5.69 Å². The van der Waals surface area contributed by atoms with Crippen LogP contribution in [0.4, 0.5) is 0 Å². The number of nitrogens with zero attached hydrogens (tertiary/aromatic N) is 4. The lowest BCUT2D eigenvalue weighted by Crippen LogP contribution is -2.45. The van der Waals surface area contributed by atoms with Crippen LogP contribution in [0.2, 0.25) is 0 Å². The molecule has 0 spiro atoms. The molecule has 0 aliphatic carbocycles. The lowest BCUT2D eigenvalue weighted by atomic mass is 10.2. The predicted molar refractivity (Wildman–Crippen MR) is 105 cm³/mol. The summed E-state index contributed by atoms with van der Waals surface area (Å²) in [6.07, 6.45) is 3.83. The fourth-order valence-corrected chi connectivity index (χ4v) is 2.77. The number of pyridine rings is 1. The van der Waals surface area contributed by atoms with Crippen molar-refractivity contribution < 1.29 is 4.79 Å². The quantitative estimate of drug-likeness (QED) is 0.699. The largest absolute Gasteiger partial charge is 0.352 e. The van der Waals surface area contributed by atoms with Gasteiger partial charge in [0, 0.05) is 25.5 Å². The van der Waals surface area contributed by atoms with E-state index < -0.39 is 17.2 Å². The van der Waals surface area contributed by atoms with E-state index in [0.717, 1.165) is 20.4 Å². The van der Waals surface area contributed by atoms with Gasteiger partial charge in [-0.3, -0.25) is 19.1 Å². The normalized spacial score (nSPS) is 10.6. The number of rotatable bonds is 6. The Labute approximate surface area is 161 Å². The summed E-state index contributed by atoms with van der Waals surface area (Å²) in [7, 11) is 0. The molecule has 0 unspecified atom stereocenters. The first kappa shape index (κ1) is 19.2. The fraction of sp³-hybridized carbons (Fsp3) is 0.250. The molecule has 8 heteroatoms. The van der Waals surface area contributed by atoms with Gasteiger partial charge in [-0.2, -0.15) is 9.78 Å². The number of nitrogens with one attached hydrogen (secondary N) is 1. The summed E-state index contributed by atoms with van der Waals surface area (Å²) in [6.45, 7) is 4.14. The van der Waals surface area contributed by atoms with E-state index in [0.29, 0.717) is 12.1 Å². The van der Waals surface area contributed by atoms with Crippen LogP contribution < -0.4 is 16.6 Å². The average Bonchev–Trinajstić information content (AvgIpc) is 2.70. The molecule has 0 atom stereocenters. The molecule has 0 saturated carbocycles. The molecule has 0 aliphatic rings.